The van der Waals surface area contributed by atoms with Gasteiger partial charge in [-0.25, -0.2) is 0 Å². The third-order valence-electron chi connectivity index (χ3n) is 5.75. The van der Waals surface area contributed by atoms with Crippen molar-refractivity contribution in [1.82, 2.24) is 15.5 Å². The standard InChI is InChI=1S/C23H26ClN3O4S/c1-4-5-19(22(30)26-12-28)27-10-16-17(23(27)31)11-32-20(16)9-25-21(29)14(3)15-7-6-13(2)18(24)8-15/h6-8,11-12,14,19H,4-5,9-10H2,1-3H3,(H,25,29)(H,26,28,30). The van der Waals surface area contributed by atoms with Gasteiger partial charge in [0.15, 0.2) is 0 Å². The van der Waals surface area contributed by atoms with Crippen LogP contribution in [0.2, 0.25) is 5.02 Å². The number of imide groups is 1. The van der Waals surface area contributed by atoms with Gasteiger partial charge in [0.1, 0.15) is 6.04 Å². The van der Waals surface area contributed by atoms with Crippen molar-refractivity contribution in [2.24, 2.45) is 0 Å². The molecule has 2 aromatic rings. The smallest absolute Gasteiger partial charge is 0.256 e. The average Bonchev–Trinajstić information content (AvgIpc) is 3.31. The van der Waals surface area contributed by atoms with Gasteiger partial charge in [-0.1, -0.05) is 37.1 Å². The van der Waals surface area contributed by atoms with Gasteiger partial charge >= 0.3 is 0 Å². The van der Waals surface area contributed by atoms with Crippen molar-refractivity contribution in [2.45, 2.75) is 58.7 Å². The van der Waals surface area contributed by atoms with Crippen molar-refractivity contribution in [2.75, 3.05) is 0 Å². The average molecular weight is 476 g/mol. The number of nitrogens with one attached hydrogen (secondary N) is 2. The molecule has 7 nitrogen and oxygen atoms in total. The summed E-state index contributed by atoms with van der Waals surface area (Å²) in [7, 11) is 0. The van der Waals surface area contributed by atoms with Gasteiger partial charge in [-0.05, 0) is 43.0 Å². The first-order valence-electron chi connectivity index (χ1n) is 10.5. The van der Waals surface area contributed by atoms with E-state index in [0.717, 1.165) is 21.6 Å². The van der Waals surface area contributed by atoms with Crippen molar-refractivity contribution in [3.05, 3.63) is 55.7 Å². The number of nitrogens with zero attached hydrogens (tertiary/aromatic N) is 1. The van der Waals surface area contributed by atoms with Crippen LogP contribution in [0.15, 0.2) is 23.6 Å². The Bertz CT molecular complexity index is 1050. The Morgan fingerprint density at radius 3 is 2.72 bits per heavy atom. The third-order valence-corrected chi connectivity index (χ3v) is 7.19. The molecule has 32 heavy (non-hydrogen) atoms. The Hall–Kier alpha value is -2.71. The number of rotatable bonds is 9. The van der Waals surface area contributed by atoms with Crippen LogP contribution in [0.1, 0.15) is 64.5 Å². The lowest BCUT2D eigenvalue weighted by Gasteiger charge is -2.26. The van der Waals surface area contributed by atoms with Gasteiger partial charge in [0.05, 0.1) is 18.0 Å². The molecule has 9 heteroatoms. The second kappa shape index (κ2) is 10.3. The molecule has 170 valence electrons. The zero-order valence-corrected chi connectivity index (χ0v) is 19.8. The van der Waals surface area contributed by atoms with E-state index in [1.165, 1.54) is 16.2 Å². The second-order valence-electron chi connectivity index (χ2n) is 7.86. The number of thiophene rings is 1. The lowest BCUT2D eigenvalue weighted by Crippen LogP contribution is -2.46. The van der Waals surface area contributed by atoms with Crippen molar-refractivity contribution in [3.8, 4) is 0 Å². The molecule has 2 atom stereocenters. The van der Waals surface area contributed by atoms with Crippen LogP contribution in [-0.4, -0.2) is 35.1 Å². The summed E-state index contributed by atoms with van der Waals surface area (Å²) in [5.74, 6) is -1.22. The second-order valence-corrected chi connectivity index (χ2v) is 9.23. The zero-order chi connectivity index (χ0) is 23.4. The maximum Gasteiger partial charge on any atom is 0.256 e. The number of amides is 4. The molecule has 0 saturated carbocycles. The quantitative estimate of drug-likeness (QED) is 0.542. The van der Waals surface area contributed by atoms with E-state index in [0.29, 0.717) is 36.4 Å². The lowest BCUT2D eigenvalue weighted by molar-refractivity contribution is -0.129. The predicted molar refractivity (Wildman–Crippen MR) is 124 cm³/mol. The topological polar surface area (TPSA) is 95.6 Å². The largest absolute Gasteiger partial charge is 0.351 e. The predicted octanol–water partition coefficient (Wildman–Crippen LogP) is 3.53. The number of aryl methyl sites for hydroxylation is 1. The van der Waals surface area contributed by atoms with E-state index in [9.17, 15) is 19.2 Å². The molecule has 0 aliphatic carbocycles. The molecular formula is C23H26ClN3O4S. The van der Waals surface area contributed by atoms with Crippen LogP contribution in [0.5, 0.6) is 0 Å². The summed E-state index contributed by atoms with van der Waals surface area (Å²) in [6.45, 7) is 6.22. The fraction of sp³-hybridized carbons (Fsp3) is 0.391. The summed E-state index contributed by atoms with van der Waals surface area (Å²) in [6, 6.07) is 4.88. The van der Waals surface area contributed by atoms with E-state index in [1.807, 2.05) is 32.9 Å². The Morgan fingerprint density at radius 2 is 2.06 bits per heavy atom. The molecule has 1 aromatic heterocycles. The highest BCUT2D eigenvalue weighted by Crippen LogP contribution is 2.33. The molecule has 2 N–H and O–H groups in total. The summed E-state index contributed by atoms with van der Waals surface area (Å²) in [5, 5.41) is 7.50. The monoisotopic (exact) mass is 475 g/mol. The van der Waals surface area contributed by atoms with Crippen LogP contribution in [0.4, 0.5) is 0 Å². The Kier molecular flexibility index (Phi) is 7.69. The first-order chi connectivity index (χ1) is 15.3. The van der Waals surface area contributed by atoms with Crippen LogP contribution in [-0.2, 0) is 27.5 Å². The summed E-state index contributed by atoms with van der Waals surface area (Å²) in [5.41, 5.74) is 3.16. The fourth-order valence-corrected chi connectivity index (χ4v) is 4.94. The number of benzene rings is 1. The lowest BCUT2D eigenvalue weighted by atomic mass is 9.99. The minimum atomic E-state index is -0.705. The summed E-state index contributed by atoms with van der Waals surface area (Å²) in [6.07, 6.45) is 1.49. The van der Waals surface area contributed by atoms with E-state index >= 15 is 0 Å². The molecule has 0 spiro atoms. The number of carbonyl (C=O) groups is 4. The van der Waals surface area contributed by atoms with Gasteiger partial charge in [0, 0.05) is 21.8 Å². The third kappa shape index (κ3) is 4.86. The van der Waals surface area contributed by atoms with Crippen LogP contribution < -0.4 is 10.6 Å². The molecular weight excluding hydrogens is 450 g/mol. The van der Waals surface area contributed by atoms with Gasteiger partial charge < -0.3 is 10.2 Å². The minimum absolute atomic E-state index is 0.137. The van der Waals surface area contributed by atoms with Crippen molar-refractivity contribution in [1.29, 1.82) is 0 Å². The number of hydrogen-bond acceptors (Lipinski definition) is 5. The van der Waals surface area contributed by atoms with E-state index in [2.05, 4.69) is 10.6 Å². The van der Waals surface area contributed by atoms with Crippen molar-refractivity contribution >= 4 is 47.1 Å². The van der Waals surface area contributed by atoms with Gasteiger partial charge in [-0.3, -0.25) is 24.5 Å². The molecule has 2 unspecified atom stereocenters. The highest BCUT2D eigenvalue weighted by molar-refractivity contribution is 7.10. The SMILES string of the molecule is CCCC(C(=O)NC=O)N1Cc2c(csc2CNC(=O)C(C)c2ccc(C)c(Cl)c2)C1=O. The summed E-state index contributed by atoms with van der Waals surface area (Å²) >= 11 is 7.60. The van der Waals surface area contributed by atoms with Crippen molar-refractivity contribution in [3.63, 3.8) is 0 Å². The Balaban J connectivity index is 1.69. The van der Waals surface area contributed by atoms with E-state index in [4.69, 9.17) is 11.6 Å². The molecule has 0 saturated heterocycles. The Labute approximate surface area is 196 Å². The van der Waals surface area contributed by atoms with Crippen LogP contribution in [0, 0.1) is 6.92 Å². The summed E-state index contributed by atoms with van der Waals surface area (Å²) < 4.78 is 0. The van der Waals surface area contributed by atoms with Crippen LogP contribution in [0.3, 0.4) is 0 Å². The van der Waals surface area contributed by atoms with E-state index < -0.39 is 11.9 Å². The first-order valence-corrected chi connectivity index (χ1v) is 11.7. The van der Waals surface area contributed by atoms with E-state index in [-0.39, 0.29) is 24.3 Å². The highest BCUT2D eigenvalue weighted by Gasteiger charge is 2.38. The molecule has 1 aliphatic rings. The molecule has 1 aliphatic heterocycles. The highest BCUT2D eigenvalue weighted by atomic mass is 35.5. The van der Waals surface area contributed by atoms with Crippen LogP contribution >= 0.6 is 22.9 Å². The molecule has 0 bridgehead atoms. The molecule has 1 aromatic carbocycles. The number of fused-ring (bicyclic) bond motifs is 1. The van der Waals surface area contributed by atoms with E-state index in [1.54, 1.807) is 11.4 Å². The fourth-order valence-electron chi connectivity index (χ4n) is 3.78. The van der Waals surface area contributed by atoms with Gasteiger partial charge in [0.25, 0.3) is 5.91 Å². The maximum atomic E-state index is 12.9. The van der Waals surface area contributed by atoms with Crippen molar-refractivity contribution < 1.29 is 19.2 Å². The van der Waals surface area contributed by atoms with Gasteiger partial charge in [0.2, 0.25) is 18.2 Å². The zero-order valence-electron chi connectivity index (χ0n) is 18.2. The van der Waals surface area contributed by atoms with Gasteiger partial charge in [-0.2, -0.15) is 0 Å². The maximum absolute atomic E-state index is 12.9. The molecule has 2 heterocycles. The Morgan fingerprint density at radius 1 is 1.31 bits per heavy atom. The minimum Gasteiger partial charge on any atom is -0.351 e. The van der Waals surface area contributed by atoms with Gasteiger partial charge in [-0.15, -0.1) is 11.3 Å². The number of hydrogen-bond donors (Lipinski definition) is 2. The molecule has 0 radical (unpaired) electrons. The molecule has 3 rings (SSSR count). The first kappa shape index (κ1) is 23.9. The summed E-state index contributed by atoms with van der Waals surface area (Å²) in [4.78, 5) is 51.0. The molecule has 4 amide bonds. The normalized spacial score (nSPS) is 14.6. The van der Waals surface area contributed by atoms with Crippen LogP contribution in [0.25, 0.3) is 0 Å². The number of halogens is 1. The molecule has 0 fully saturated rings. The number of carbonyl (C=O) groups excluding carboxylic acids is 4.